The van der Waals surface area contributed by atoms with Crippen LogP contribution in [0.15, 0.2) is 12.1 Å². The molecule has 32 heavy (non-hydrogen) atoms. The number of aromatic hydroxyl groups is 1. The highest BCUT2D eigenvalue weighted by atomic mass is 16.7. The van der Waals surface area contributed by atoms with Gasteiger partial charge in [0.2, 0.25) is 12.0 Å². The Labute approximate surface area is 184 Å². The summed E-state index contributed by atoms with van der Waals surface area (Å²) in [4.78, 5) is 12.2. The molecule has 0 amide bonds. The number of carbonyl (C=O) groups is 1. The van der Waals surface area contributed by atoms with Gasteiger partial charge in [-0.25, -0.2) is 4.79 Å². The summed E-state index contributed by atoms with van der Waals surface area (Å²) in [5, 5.41) is 60.6. The third kappa shape index (κ3) is 5.17. The summed E-state index contributed by atoms with van der Waals surface area (Å²) in [6.45, 7) is 2.08. The van der Waals surface area contributed by atoms with E-state index in [1.807, 2.05) is 0 Å². The maximum atomic E-state index is 12.2. The van der Waals surface area contributed by atoms with E-state index in [1.165, 1.54) is 34.1 Å². The van der Waals surface area contributed by atoms with E-state index in [0.29, 0.717) is 0 Å². The molecule has 1 aliphatic heterocycles. The standard InChI is InChI=1S/C20H30O12/c1-5-20(27,9(2)21)19(26)30-8-13-14(23)15(24)16(25)18(32-13)31-10-6-11(22)17(29-4)12(7-10)28-3/h6-7,9,13-16,18,21-25,27H,5,8H2,1-4H3/t9-,13-,14-,15+,16-,18-,20+/m1/s1. The molecule has 0 bridgehead atoms. The third-order valence-electron chi connectivity index (χ3n) is 5.32. The number of esters is 1. The average molecular weight is 462 g/mol. The molecule has 1 aromatic carbocycles. The highest BCUT2D eigenvalue weighted by Gasteiger charge is 2.47. The largest absolute Gasteiger partial charge is 0.504 e. The number of hydrogen-bond acceptors (Lipinski definition) is 12. The van der Waals surface area contributed by atoms with Crippen molar-refractivity contribution in [2.75, 3.05) is 20.8 Å². The minimum Gasteiger partial charge on any atom is -0.504 e. The van der Waals surface area contributed by atoms with E-state index in [2.05, 4.69) is 0 Å². The van der Waals surface area contributed by atoms with Crippen LogP contribution in [0.2, 0.25) is 0 Å². The van der Waals surface area contributed by atoms with E-state index < -0.39 is 55.0 Å². The molecular weight excluding hydrogens is 432 g/mol. The van der Waals surface area contributed by atoms with Crippen LogP contribution in [0.25, 0.3) is 0 Å². The van der Waals surface area contributed by atoms with Crippen LogP contribution < -0.4 is 14.2 Å². The Kier molecular flexibility index (Phi) is 8.51. The van der Waals surface area contributed by atoms with Gasteiger partial charge in [0.25, 0.3) is 0 Å². The quantitative estimate of drug-likeness (QED) is 0.238. The summed E-state index contributed by atoms with van der Waals surface area (Å²) in [6, 6.07) is 2.50. The molecule has 6 N–H and O–H groups in total. The molecule has 182 valence electrons. The smallest absolute Gasteiger partial charge is 0.340 e. The molecule has 12 nitrogen and oxygen atoms in total. The molecule has 2 rings (SSSR count). The van der Waals surface area contributed by atoms with Crippen molar-refractivity contribution in [2.24, 2.45) is 0 Å². The van der Waals surface area contributed by atoms with Gasteiger partial charge in [0.05, 0.1) is 20.3 Å². The second-order valence-corrected chi connectivity index (χ2v) is 7.36. The normalized spacial score (nSPS) is 28.3. The number of phenols is 1. The summed E-state index contributed by atoms with van der Waals surface area (Å²) in [5.41, 5.74) is -2.16. The van der Waals surface area contributed by atoms with E-state index in [-0.39, 0.29) is 29.4 Å². The maximum Gasteiger partial charge on any atom is 0.340 e. The first kappa shape index (κ1) is 25.9. The van der Waals surface area contributed by atoms with Gasteiger partial charge in [-0.3, -0.25) is 0 Å². The molecule has 0 spiro atoms. The monoisotopic (exact) mass is 462 g/mol. The fourth-order valence-corrected chi connectivity index (χ4v) is 3.17. The SMILES string of the molecule is CC[C@@](O)(C(=O)OC[C@H]1O[C@@H](Oc2cc(O)c(OC)c(OC)c2)[C@H](O)[C@@H](O)[C@@H]1O)[C@@H](C)O. The fraction of sp³-hybridized carbons (Fsp3) is 0.650. The van der Waals surface area contributed by atoms with Crippen molar-refractivity contribution in [3.63, 3.8) is 0 Å². The summed E-state index contributed by atoms with van der Waals surface area (Å²) in [6.07, 6.45) is -9.50. The summed E-state index contributed by atoms with van der Waals surface area (Å²) >= 11 is 0. The van der Waals surface area contributed by atoms with Crippen LogP contribution in [0.3, 0.4) is 0 Å². The van der Waals surface area contributed by atoms with Crippen molar-refractivity contribution < 1.29 is 59.1 Å². The van der Waals surface area contributed by atoms with Crippen molar-refractivity contribution in [2.45, 2.75) is 62.7 Å². The highest BCUT2D eigenvalue weighted by molar-refractivity contribution is 5.80. The van der Waals surface area contributed by atoms with Gasteiger partial charge < -0.3 is 54.3 Å². The van der Waals surface area contributed by atoms with E-state index in [9.17, 15) is 35.4 Å². The second-order valence-electron chi connectivity index (χ2n) is 7.36. The van der Waals surface area contributed by atoms with Crippen molar-refractivity contribution in [3.05, 3.63) is 12.1 Å². The van der Waals surface area contributed by atoms with Gasteiger partial charge in [-0.2, -0.15) is 0 Å². The number of methoxy groups -OCH3 is 2. The second kappa shape index (κ2) is 10.5. The van der Waals surface area contributed by atoms with Crippen LogP contribution in [-0.4, -0.2) is 99.8 Å². The van der Waals surface area contributed by atoms with E-state index in [1.54, 1.807) is 0 Å². The maximum absolute atomic E-state index is 12.2. The number of ether oxygens (including phenoxy) is 5. The van der Waals surface area contributed by atoms with Gasteiger partial charge in [-0.05, 0) is 13.3 Å². The Morgan fingerprint density at radius 1 is 1.16 bits per heavy atom. The van der Waals surface area contributed by atoms with E-state index in [0.717, 1.165) is 6.07 Å². The topological polar surface area (TPSA) is 185 Å². The first-order chi connectivity index (χ1) is 15.0. The first-order valence-corrected chi connectivity index (χ1v) is 9.89. The van der Waals surface area contributed by atoms with Gasteiger partial charge in [-0.15, -0.1) is 0 Å². The minimum absolute atomic E-state index is 0.0157. The predicted molar refractivity (Wildman–Crippen MR) is 106 cm³/mol. The first-order valence-electron chi connectivity index (χ1n) is 9.89. The third-order valence-corrected chi connectivity index (χ3v) is 5.32. The van der Waals surface area contributed by atoms with Gasteiger partial charge in [0, 0.05) is 12.1 Å². The zero-order chi connectivity index (χ0) is 24.2. The van der Waals surface area contributed by atoms with Crippen LogP contribution in [0.5, 0.6) is 23.0 Å². The predicted octanol–water partition coefficient (Wildman–Crippen LogP) is -1.34. The lowest BCUT2D eigenvalue weighted by molar-refractivity contribution is -0.279. The molecule has 0 aliphatic carbocycles. The Hall–Kier alpha value is -2.35. The lowest BCUT2D eigenvalue weighted by atomic mass is 9.95. The molecule has 0 unspecified atom stereocenters. The van der Waals surface area contributed by atoms with Crippen LogP contribution >= 0.6 is 0 Å². The van der Waals surface area contributed by atoms with Gasteiger partial charge in [0.1, 0.15) is 36.8 Å². The molecule has 12 heteroatoms. The van der Waals surface area contributed by atoms with Gasteiger partial charge >= 0.3 is 5.97 Å². The molecule has 0 radical (unpaired) electrons. The van der Waals surface area contributed by atoms with Crippen LogP contribution in [0, 0.1) is 0 Å². The number of aliphatic hydroxyl groups is 5. The van der Waals surface area contributed by atoms with Crippen molar-refractivity contribution in [1.29, 1.82) is 0 Å². The summed E-state index contributed by atoms with van der Waals surface area (Å²) in [7, 11) is 2.66. The summed E-state index contributed by atoms with van der Waals surface area (Å²) < 4.78 is 26.1. The van der Waals surface area contributed by atoms with Crippen LogP contribution in [0.4, 0.5) is 0 Å². The number of carbonyl (C=O) groups excluding carboxylic acids is 1. The summed E-state index contributed by atoms with van der Waals surface area (Å²) in [5.74, 6) is -1.32. The van der Waals surface area contributed by atoms with Crippen molar-refractivity contribution >= 4 is 5.97 Å². The van der Waals surface area contributed by atoms with Crippen LogP contribution in [-0.2, 0) is 14.3 Å². The lowest BCUT2D eigenvalue weighted by Gasteiger charge is -2.40. The van der Waals surface area contributed by atoms with E-state index >= 15 is 0 Å². The number of phenolic OH excluding ortho intramolecular Hbond substituents is 1. The number of benzene rings is 1. The molecule has 1 aromatic rings. The number of hydrogen-bond donors (Lipinski definition) is 6. The number of aliphatic hydroxyl groups excluding tert-OH is 4. The molecule has 0 aromatic heterocycles. The minimum atomic E-state index is -2.16. The molecule has 7 atom stereocenters. The Morgan fingerprint density at radius 2 is 1.81 bits per heavy atom. The van der Waals surface area contributed by atoms with Gasteiger partial charge in [0.15, 0.2) is 17.1 Å². The molecular formula is C20H30O12. The van der Waals surface area contributed by atoms with Crippen molar-refractivity contribution in [3.8, 4) is 23.0 Å². The average Bonchev–Trinajstić information content (AvgIpc) is 2.77. The lowest BCUT2D eigenvalue weighted by Crippen LogP contribution is -2.60. The van der Waals surface area contributed by atoms with Crippen LogP contribution in [0.1, 0.15) is 20.3 Å². The van der Waals surface area contributed by atoms with Crippen molar-refractivity contribution in [1.82, 2.24) is 0 Å². The molecule has 1 heterocycles. The molecule has 1 saturated heterocycles. The van der Waals surface area contributed by atoms with E-state index in [4.69, 9.17) is 23.7 Å². The zero-order valence-electron chi connectivity index (χ0n) is 18.2. The Balaban J connectivity index is 2.15. The number of rotatable bonds is 9. The highest BCUT2D eigenvalue weighted by Crippen LogP contribution is 2.40. The molecule has 0 saturated carbocycles. The molecule has 1 aliphatic rings. The Morgan fingerprint density at radius 3 is 2.34 bits per heavy atom. The zero-order valence-corrected chi connectivity index (χ0v) is 18.2. The van der Waals surface area contributed by atoms with Gasteiger partial charge in [-0.1, -0.05) is 6.92 Å². The Bertz CT molecular complexity index is 784. The molecule has 1 fully saturated rings. The fourth-order valence-electron chi connectivity index (χ4n) is 3.17.